The molecule has 0 bridgehead atoms. The lowest BCUT2D eigenvalue weighted by Crippen LogP contribution is -2.44. The highest BCUT2D eigenvalue weighted by Crippen LogP contribution is 2.19. The highest BCUT2D eigenvalue weighted by Gasteiger charge is 2.22. The van der Waals surface area contributed by atoms with E-state index in [1.807, 2.05) is 21.1 Å². The third-order valence-corrected chi connectivity index (χ3v) is 17.7. The highest BCUT2D eigenvalue weighted by atomic mass is 16.7. The van der Waals surface area contributed by atoms with Crippen LogP contribution in [0.2, 0.25) is 0 Å². The predicted octanol–water partition coefficient (Wildman–Crippen LogP) is 23.7. The van der Waals surface area contributed by atoms with E-state index in [1.54, 1.807) is 0 Å². The molecule has 0 aliphatic carbocycles. The van der Waals surface area contributed by atoms with E-state index < -0.39 is 24.3 Å². The van der Waals surface area contributed by atoms with Gasteiger partial charge in [0.2, 0.25) is 0 Å². The molecule has 2 unspecified atom stereocenters. The summed E-state index contributed by atoms with van der Waals surface area (Å²) in [5, 5.41) is 11.9. The first kappa shape index (κ1) is 88.0. The number of carboxylic acid groups (broad SMARTS) is 1. The van der Waals surface area contributed by atoms with Crippen LogP contribution >= 0.6 is 0 Å². The number of likely N-dealkylation sites (N-methyl/N-ethyl adjacent to an activating group) is 1. The van der Waals surface area contributed by atoms with Gasteiger partial charge in [0.05, 0.1) is 40.3 Å². The molecule has 0 aromatic heterocycles. The lowest BCUT2D eigenvalue weighted by Gasteiger charge is -2.26. The van der Waals surface area contributed by atoms with Gasteiger partial charge in [-0.15, -0.1) is 0 Å². The second kappa shape index (κ2) is 72.8. The fraction of sp³-hybridized carbons (Fsp3) is 0.841. The number of rotatable bonds is 74. The second-order valence-corrected chi connectivity index (χ2v) is 28.0. The molecule has 0 aliphatic rings. The predicted molar refractivity (Wildman–Crippen MR) is 389 cm³/mol. The minimum atomic E-state index is -1.62. The quantitative estimate of drug-likeness (QED) is 0.0195. The Labute approximate surface area is 565 Å². The monoisotopic (exact) mass is 1280 g/mol. The Balaban J connectivity index is 3.99. The first-order chi connectivity index (χ1) is 44.6. The molecule has 0 rings (SSSR count). The van der Waals surface area contributed by atoms with Gasteiger partial charge in [-0.2, -0.15) is 0 Å². The summed E-state index contributed by atoms with van der Waals surface area (Å²) in [4.78, 5) is 37.6. The summed E-state index contributed by atoms with van der Waals surface area (Å²) in [7, 11) is 5.95. The Morgan fingerprint density at radius 2 is 0.593 bits per heavy atom. The van der Waals surface area contributed by atoms with Crippen molar-refractivity contribution in [2.24, 2.45) is 0 Å². The summed E-state index contributed by atoms with van der Waals surface area (Å²) in [6, 6.07) is 0. The molecule has 2 atom stereocenters. The largest absolute Gasteiger partial charge is 0.545 e. The van der Waals surface area contributed by atoms with Crippen molar-refractivity contribution in [1.29, 1.82) is 0 Å². The smallest absolute Gasteiger partial charge is 0.306 e. The van der Waals surface area contributed by atoms with Crippen LogP contribution in [0.4, 0.5) is 0 Å². The molecule has 0 saturated carbocycles. The van der Waals surface area contributed by atoms with E-state index in [-0.39, 0.29) is 32.2 Å². The second-order valence-electron chi connectivity index (χ2n) is 28.0. The number of esters is 2. The molecule has 532 valence electrons. The van der Waals surface area contributed by atoms with Crippen LogP contribution in [-0.2, 0) is 33.3 Å². The van der Waals surface area contributed by atoms with Crippen LogP contribution in [0.5, 0.6) is 0 Å². The van der Waals surface area contributed by atoms with E-state index in [0.717, 1.165) is 51.4 Å². The molecule has 0 aromatic rings. The number of carbonyl (C=O) groups is 3. The molecular formula is C82H151NO8. The molecular weight excluding hydrogens is 1130 g/mol. The minimum absolute atomic E-state index is 0.149. The van der Waals surface area contributed by atoms with Gasteiger partial charge >= 0.3 is 11.9 Å². The number of allylic oxidation sites excluding steroid dienone is 10. The minimum Gasteiger partial charge on any atom is -0.545 e. The normalized spacial score (nSPS) is 12.9. The number of unbranched alkanes of at least 4 members (excludes halogenated alkanes) is 49. The molecule has 0 fully saturated rings. The zero-order valence-corrected chi connectivity index (χ0v) is 61.0. The van der Waals surface area contributed by atoms with Gasteiger partial charge in [-0.3, -0.25) is 9.59 Å². The van der Waals surface area contributed by atoms with E-state index in [0.29, 0.717) is 23.9 Å². The van der Waals surface area contributed by atoms with Crippen LogP contribution < -0.4 is 5.11 Å². The average molecular weight is 1280 g/mol. The topological polar surface area (TPSA) is 111 Å². The van der Waals surface area contributed by atoms with E-state index in [9.17, 15) is 19.5 Å². The summed E-state index contributed by atoms with van der Waals surface area (Å²) in [5.41, 5.74) is 0. The number of carboxylic acids is 1. The molecule has 9 heteroatoms. The number of aliphatic carboxylic acids is 1. The van der Waals surface area contributed by atoms with Crippen molar-refractivity contribution in [3.8, 4) is 0 Å². The summed E-state index contributed by atoms with van der Waals surface area (Å²) in [6.45, 7) is 4.79. The molecule has 0 saturated heterocycles. The Hall–Kier alpha value is -3.01. The summed E-state index contributed by atoms with van der Waals surface area (Å²) >= 11 is 0. The van der Waals surface area contributed by atoms with Gasteiger partial charge in [0.15, 0.2) is 12.4 Å². The lowest BCUT2D eigenvalue weighted by molar-refractivity contribution is -0.870. The molecule has 0 radical (unpaired) electrons. The maximum Gasteiger partial charge on any atom is 0.306 e. The SMILES string of the molecule is CCCCCCC/C=C\C/C=C\C/C=C\CCCCCCCCCCCCCCCCC(=O)OC(COC(=O)CCCCCCCCCCCCCCCCCCCCCCCCCCC/C=C\C/C=C\CCCCCCC)COC(OCC[N+](C)(C)C)C(=O)[O-]. The standard InChI is InChI=1S/C82H151NO8/c1-6-8-10-12-14-16-18-20-22-24-26-28-30-32-34-36-37-38-39-40-41-42-43-45-46-48-50-52-54-56-58-60-62-64-66-68-70-72-79(84)89-76-78(77-90-82(81(86)87)88-75-74-83(3,4)5)91-80(85)73-71-69-67-65-63-61-59-57-55-53-51-49-47-44-35-33-31-29-27-25-23-21-19-17-15-13-11-9-7-2/h18-21,24-27,31,33,78,82H,6-17,22-23,28-30,32,34-77H2,1-5H3/b20-18-,21-19-,26-24-,27-25-,33-31-. The Bertz CT molecular complexity index is 1680. The Morgan fingerprint density at radius 1 is 0.330 bits per heavy atom. The molecule has 0 spiro atoms. The van der Waals surface area contributed by atoms with Gasteiger partial charge in [-0.1, -0.05) is 351 Å². The summed E-state index contributed by atoms with van der Waals surface area (Å²) in [5.74, 6) is -2.26. The highest BCUT2D eigenvalue weighted by molar-refractivity contribution is 5.70. The Kier molecular flexibility index (Phi) is 70.4. The maximum atomic E-state index is 13.0. The lowest BCUT2D eigenvalue weighted by atomic mass is 10.0. The number of hydrogen-bond donors (Lipinski definition) is 0. The van der Waals surface area contributed by atoms with Gasteiger partial charge in [-0.05, 0) is 83.5 Å². The zero-order valence-electron chi connectivity index (χ0n) is 61.0. The van der Waals surface area contributed by atoms with E-state index in [2.05, 4.69) is 74.6 Å². The van der Waals surface area contributed by atoms with Crippen LogP contribution in [0, 0.1) is 0 Å². The van der Waals surface area contributed by atoms with Crippen molar-refractivity contribution in [2.45, 2.75) is 399 Å². The molecule has 9 nitrogen and oxygen atoms in total. The summed E-state index contributed by atoms with van der Waals surface area (Å²) in [6.07, 6.45) is 93.4. The van der Waals surface area contributed by atoms with Crippen molar-refractivity contribution >= 4 is 17.9 Å². The molecule has 0 aromatic carbocycles. The molecule has 91 heavy (non-hydrogen) atoms. The van der Waals surface area contributed by atoms with Gasteiger partial charge in [0, 0.05) is 12.8 Å². The van der Waals surface area contributed by atoms with E-state index >= 15 is 0 Å². The van der Waals surface area contributed by atoms with E-state index in [1.165, 1.54) is 302 Å². The van der Waals surface area contributed by atoms with Crippen molar-refractivity contribution in [3.63, 3.8) is 0 Å². The van der Waals surface area contributed by atoms with Crippen molar-refractivity contribution < 1.29 is 42.9 Å². The van der Waals surface area contributed by atoms with Crippen molar-refractivity contribution in [1.82, 2.24) is 0 Å². The van der Waals surface area contributed by atoms with Crippen LogP contribution in [0.1, 0.15) is 386 Å². The zero-order chi connectivity index (χ0) is 66.1. The number of ether oxygens (including phenoxy) is 4. The molecule has 0 heterocycles. The fourth-order valence-electron chi connectivity index (χ4n) is 11.7. The van der Waals surface area contributed by atoms with Crippen LogP contribution in [0.15, 0.2) is 60.8 Å². The summed E-state index contributed by atoms with van der Waals surface area (Å²) < 4.78 is 22.9. The molecule has 0 N–H and O–H groups in total. The third kappa shape index (κ3) is 74.3. The van der Waals surface area contributed by atoms with E-state index in [4.69, 9.17) is 18.9 Å². The first-order valence-corrected chi connectivity index (χ1v) is 39.4. The van der Waals surface area contributed by atoms with Crippen molar-refractivity contribution in [2.75, 3.05) is 47.5 Å². The van der Waals surface area contributed by atoms with Gasteiger partial charge < -0.3 is 33.3 Å². The average Bonchev–Trinajstić information content (AvgIpc) is 3.66. The van der Waals surface area contributed by atoms with Crippen molar-refractivity contribution in [3.05, 3.63) is 60.8 Å². The first-order valence-electron chi connectivity index (χ1n) is 39.4. The van der Waals surface area contributed by atoms with Crippen LogP contribution in [-0.4, -0.2) is 82.3 Å². The van der Waals surface area contributed by atoms with Crippen LogP contribution in [0.25, 0.3) is 0 Å². The van der Waals surface area contributed by atoms with Gasteiger partial charge in [-0.25, -0.2) is 0 Å². The van der Waals surface area contributed by atoms with Crippen LogP contribution in [0.3, 0.4) is 0 Å². The van der Waals surface area contributed by atoms with Gasteiger partial charge in [0.1, 0.15) is 13.2 Å². The number of nitrogens with zero attached hydrogens (tertiary/aromatic N) is 1. The third-order valence-electron chi connectivity index (χ3n) is 17.7. The Morgan fingerprint density at radius 3 is 0.879 bits per heavy atom. The number of quaternary nitrogens is 1. The maximum absolute atomic E-state index is 13.0. The molecule has 0 amide bonds. The van der Waals surface area contributed by atoms with Gasteiger partial charge in [0.25, 0.3) is 0 Å². The number of carbonyl (C=O) groups excluding carboxylic acids is 3. The molecule has 0 aliphatic heterocycles. The fourth-order valence-corrected chi connectivity index (χ4v) is 11.7. The number of hydrogen-bond acceptors (Lipinski definition) is 8.